The van der Waals surface area contributed by atoms with Crippen LogP contribution in [-0.2, 0) is 4.74 Å². The van der Waals surface area contributed by atoms with E-state index in [9.17, 15) is 0 Å². The van der Waals surface area contributed by atoms with Gasteiger partial charge in [-0.05, 0) is 6.42 Å². The van der Waals surface area contributed by atoms with Crippen molar-refractivity contribution in [3.8, 4) is 11.3 Å². The summed E-state index contributed by atoms with van der Waals surface area (Å²) >= 11 is 0. The third-order valence-electron chi connectivity index (χ3n) is 3.47. The van der Waals surface area contributed by atoms with Gasteiger partial charge in [0.15, 0.2) is 0 Å². The zero-order valence-electron chi connectivity index (χ0n) is 14.0. The van der Waals surface area contributed by atoms with Crippen LogP contribution in [0.15, 0.2) is 36.4 Å². The van der Waals surface area contributed by atoms with Gasteiger partial charge in [-0.15, -0.1) is 0 Å². The maximum Gasteiger partial charge on any atom is 0.225 e. The molecule has 1 aromatic heterocycles. The molecule has 124 valence electrons. The summed E-state index contributed by atoms with van der Waals surface area (Å²) < 4.78 is 5.07. The minimum absolute atomic E-state index is 0.623. The van der Waals surface area contributed by atoms with Gasteiger partial charge in [0.25, 0.3) is 0 Å². The van der Waals surface area contributed by atoms with Crippen molar-refractivity contribution in [3.05, 3.63) is 36.4 Å². The van der Waals surface area contributed by atoms with E-state index in [1.165, 1.54) is 12.8 Å². The Balaban J connectivity index is 2.14. The maximum atomic E-state index is 5.07. The topological polar surface area (TPSA) is 59.1 Å². The summed E-state index contributed by atoms with van der Waals surface area (Å²) in [7, 11) is 1.68. The summed E-state index contributed by atoms with van der Waals surface area (Å²) in [5.41, 5.74) is 2.00. The van der Waals surface area contributed by atoms with Crippen molar-refractivity contribution >= 4 is 11.8 Å². The summed E-state index contributed by atoms with van der Waals surface area (Å²) in [5, 5.41) is 6.61. The highest BCUT2D eigenvalue weighted by molar-refractivity contribution is 5.64. The molecule has 23 heavy (non-hydrogen) atoms. The van der Waals surface area contributed by atoms with E-state index in [-0.39, 0.29) is 0 Å². The smallest absolute Gasteiger partial charge is 0.225 e. The summed E-state index contributed by atoms with van der Waals surface area (Å²) in [6, 6.07) is 12.2. The Morgan fingerprint density at radius 2 is 1.83 bits per heavy atom. The van der Waals surface area contributed by atoms with Gasteiger partial charge in [0, 0.05) is 31.8 Å². The predicted molar refractivity (Wildman–Crippen MR) is 95.8 cm³/mol. The van der Waals surface area contributed by atoms with Gasteiger partial charge >= 0.3 is 0 Å². The van der Waals surface area contributed by atoms with Crippen LogP contribution in [0.25, 0.3) is 11.3 Å². The van der Waals surface area contributed by atoms with Crippen LogP contribution in [0.1, 0.15) is 26.2 Å². The quantitative estimate of drug-likeness (QED) is 0.653. The highest BCUT2D eigenvalue weighted by Gasteiger charge is 2.06. The Bertz CT molecular complexity index is 574. The monoisotopic (exact) mass is 314 g/mol. The second-order valence-corrected chi connectivity index (χ2v) is 5.38. The first kappa shape index (κ1) is 17.2. The van der Waals surface area contributed by atoms with Crippen LogP contribution in [0.5, 0.6) is 0 Å². The molecule has 0 atom stereocenters. The summed E-state index contributed by atoms with van der Waals surface area (Å²) in [5.74, 6) is 1.48. The van der Waals surface area contributed by atoms with Gasteiger partial charge in [0.1, 0.15) is 5.82 Å². The van der Waals surface area contributed by atoms with Gasteiger partial charge in [-0.3, -0.25) is 0 Å². The van der Waals surface area contributed by atoms with Crippen molar-refractivity contribution in [2.45, 2.75) is 26.2 Å². The Hall–Kier alpha value is -2.14. The molecule has 0 unspecified atom stereocenters. The molecule has 0 saturated heterocycles. The lowest BCUT2D eigenvalue weighted by Gasteiger charge is -2.11. The summed E-state index contributed by atoms with van der Waals surface area (Å²) in [6.07, 6.45) is 3.58. The Kier molecular flexibility index (Phi) is 7.33. The van der Waals surface area contributed by atoms with Gasteiger partial charge in [0.2, 0.25) is 5.95 Å². The number of nitrogens with one attached hydrogen (secondary N) is 2. The van der Waals surface area contributed by atoms with Crippen LogP contribution in [0.4, 0.5) is 11.8 Å². The number of rotatable bonds is 10. The lowest BCUT2D eigenvalue weighted by molar-refractivity contribution is 0.210. The number of unbranched alkanes of at least 4 members (excludes halogenated alkanes) is 2. The third-order valence-corrected chi connectivity index (χ3v) is 3.47. The van der Waals surface area contributed by atoms with Crippen molar-refractivity contribution in [1.29, 1.82) is 0 Å². The fourth-order valence-electron chi connectivity index (χ4n) is 2.23. The van der Waals surface area contributed by atoms with Crippen molar-refractivity contribution in [2.24, 2.45) is 0 Å². The van der Waals surface area contributed by atoms with E-state index < -0.39 is 0 Å². The van der Waals surface area contributed by atoms with Gasteiger partial charge in [-0.2, -0.15) is 4.98 Å². The standard InChI is InChI=1S/C18H26N4O/c1-3-4-8-11-19-17-14-16(15-9-6-5-7-10-15)21-18(22-17)20-12-13-23-2/h5-7,9-10,14H,3-4,8,11-13H2,1-2H3,(H2,19,20,21,22). The second kappa shape index (κ2) is 9.79. The zero-order valence-corrected chi connectivity index (χ0v) is 14.0. The van der Waals surface area contributed by atoms with Crippen LogP contribution in [0.3, 0.4) is 0 Å². The van der Waals surface area contributed by atoms with Crippen molar-refractivity contribution in [1.82, 2.24) is 9.97 Å². The molecule has 0 aliphatic heterocycles. The second-order valence-electron chi connectivity index (χ2n) is 5.38. The highest BCUT2D eigenvalue weighted by Crippen LogP contribution is 2.21. The fraction of sp³-hybridized carbons (Fsp3) is 0.444. The number of benzene rings is 1. The minimum Gasteiger partial charge on any atom is -0.383 e. The first-order chi connectivity index (χ1) is 11.3. The first-order valence-corrected chi connectivity index (χ1v) is 8.24. The van der Waals surface area contributed by atoms with Crippen molar-refractivity contribution in [2.75, 3.05) is 37.4 Å². The highest BCUT2D eigenvalue weighted by atomic mass is 16.5. The molecule has 1 aromatic carbocycles. The van der Waals surface area contributed by atoms with E-state index in [1.54, 1.807) is 7.11 Å². The van der Waals surface area contributed by atoms with Crippen LogP contribution in [0.2, 0.25) is 0 Å². The molecule has 2 aromatic rings. The maximum absolute atomic E-state index is 5.07. The van der Waals surface area contributed by atoms with Gasteiger partial charge in [0.05, 0.1) is 12.3 Å². The lowest BCUT2D eigenvalue weighted by atomic mass is 10.1. The van der Waals surface area contributed by atoms with Crippen LogP contribution in [-0.4, -0.2) is 36.8 Å². The first-order valence-electron chi connectivity index (χ1n) is 8.24. The number of ether oxygens (including phenoxy) is 1. The molecule has 2 N–H and O–H groups in total. The average Bonchev–Trinajstić information content (AvgIpc) is 2.60. The van der Waals surface area contributed by atoms with Gasteiger partial charge in [-0.25, -0.2) is 4.98 Å². The molecule has 0 aliphatic rings. The van der Waals surface area contributed by atoms with E-state index in [0.29, 0.717) is 19.1 Å². The number of nitrogens with zero attached hydrogens (tertiary/aromatic N) is 2. The predicted octanol–water partition coefficient (Wildman–Crippen LogP) is 3.80. The lowest BCUT2D eigenvalue weighted by Crippen LogP contribution is -2.12. The van der Waals surface area contributed by atoms with Crippen LogP contribution < -0.4 is 10.6 Å². The SMILES string of the molecule is CCCCCNc1cc(-c2ccccc2)nc(NCCOC)n1. The van der Waals surface area contributed by atoms with E-state index in [4.69, 9.17) is 4.74 Å². The molecular weight excluding hydrogens is 288 g/mol. The molecule has 0 amide bonds. The number of aromatic nitrogens is 2. The summed E-state index contributed by atoms with van der Waals surface area (Å²) in [4.78, 5) is 9.14. The van der Waals surface area contributed by atoms with Crippen LogP contribution >= 0.6 is 0 Å². The number of methoxy groups -OCH3 is 1. The van der Waals surface area contributed by atoms with E-state index in [2.05, 4.69) is 39.7 Å². The average molecular weight is 314 g/mol. The van der Waals surface area contributed by atoms with E-state index in [1.807, 2.05) is 24.3 Å². The molecule has 5 heteroatoms. The number of hydrogen-bond donors (Lipinski definition) is 2. The molecule has 0 spiro atoms. The Morgan fingerprint density at radius 3 is 2.57 bits per heavy atom. The third kappa shape index (κ3) is 5.87. The Morgan fingerprint density at radius 1 is 1.00 bits per heavy atom. The van der Waals surface area contributed by atoms with Crippen LogP contribution in [0, 0.1) is 0 Å². The molecular formula is C18H26N4O. The normalized spacial score (nSPS) is 10.5. The van der Waals surface area contributed by atoms with Crippen molar-refractivity contribution in [3.63, 3.8) is 0 Å². The largest absolute Gasteiger partial charge is 0.383 e. The summed E-state index contributed by atoms with van der Waals surface area (Å²) in [6.45, 7) is 4.44. The molecule has 0 radical (unpaired) electrons. The van der Waals surface area contributed by atoms with Gasteiger partial charge in [-0.1, -0.05) is 50.1 Å². The molecule has 2 rings (SSSR count). The molecule has 0 aliphatic carbocycles. The minimum atomic E-state index is 0.623. The van der Waals surface area contributed by atoms with Gasteiger partial charge < -0.3 is 15.4 Å². The molecule has 0 bridgehead atoms. The Labute approximate surface area is 138 Å². The van der Waals surface area contributed by atoms with E-state index in [0.717, 1.165) is 30.0 Å². The molecule has 0 saturated carbocycles. The zero-order chi connectivity index (χ0) is 16.3. The van der Waals surface area contributed by atoms with E-state index >= 15 is 0 Å². The molecule has 1 heterocycles. The molecule has 5 nitrogen and oxygen atoms in total. The fourth-order valence-corrected chi connectivity index (χ4v) is 2.23. The number of anilines is 2. The molecule has 0 fully saturated rings. The number of hydrogen-bond acceptors (Lipinski definition) is 5. The van der Waals surface area contributed by atoms with Crippen molar-refractivity contribution < 1.29 is 4.74 Å².